The lowest BCUT2D eigenvalue weighted by atomic mass is 9.76. The van der Waals surface area contributed by atoms with Crippen molar-refractivity contribution in [1.82, 2.24) is 0 Å². The number of rotatable bonds is 5. The summed E-state index contributed by atoms with van der Waals surface area (Å²) in [4.78, 5) is 0. The molecule has 1 aliphatic heterocycles. The van der Waals surface area contributed by atoms with Gasteiger partial charge < -0.3 is 13.7 Å². The predicted molar refractivity (Wildman–Crippen MR) is 167 cm³/mol. The fraction of sp³-hybridized carbons (Fsp3) is 0.222. The number of hydrogen-bond acceptors (Lipinski definition) is 3. The Hall–Kier alpha value is -3.86. The number of benzene rings is 4. The second kappa shape index (κ2) is 9.96. The molecule has 6 rings (SSSR count). The molecule has 4 heteroatoms. The third-order valence-electron chi connectivity index (χ3n) is 8.55. The topological polar surface area (TPSA) is 31.6 Å². The van der Waals surface area contributed by atoms with Gasteiger partial charge in [-0.3, -0.25) is 0 Å². The van der Waals surface area contributed by atoms with Gasteiger partial charge in [-0.2, -0.15) is 0 Å². The highest BCUT2D eigenvalue weighted by molar-refractivity contribution is 6.65. The molecule has 0 N–H and O–H groups in total. The van der Waals surface area contributed by atoms with Gasteiger partial charge in [0.25, 0.3) is 0 Å². The summed E-state index contributed by atoms with van der Waals surface area (Å²) in [6.45, 7) is 12.5. The van der Waals surface area contributed by atoms with E-state index < -0.39 is 18.3 Å². The van der Waals surface area contributed by atoms with Gasteiger partial charge in [-0.15, -0.1) is 0 Å². The Morgan fingerprint density at radius 1 is 0.650 bits per heavy atom. The first kappa shape index (κ1) is 26.4. The molecule has 0 spiro atoms. The quantitative estimate of drug-likeness (QED) is 0.215. The first-order chi connectivity index (χ1) is 19.2. The highest BCUT2D eigenvalue weighted by atomic mass is 16.7. The number of hydrogen-bond donors (Lipinski definition) is 0. The lowest BCUT2D eigenvalue weighted by Gasteiger charge is -2.32. The molecule has 0 bridgehead atoms. The molecule has 0 saturated carbocycles. The van der Waals surface area contributed by atoms with Crippen molar-refractivity contribution in [2.75, 3.05) is 0 Å². The third kappa shape index (κ3) is 4.52. The van der Waals surface area contributed by atoms with E-state index in [1.165, 1.54) is 22.3 Å². The molecular formula is C36H35BO3. The minimum atomic E-state index is -0.445. The van der Waals surface area contributed by atoms with E-state index in [1.807, 2.05) is 18.2 Å². The van der Waals surface area contributed by atoms with Crippen LogP contribution in [-0.4, -0.2) is 18.3 Å². The summed E-state index contributed by atoms with van der Waals surface area (Å²) in [7, 11) is -0.445. The van der Waals surface area contributed by atoms with Gasteiger partial charge in [0.05, 0.1) is 11.2 Å². The van der Waals surface area contributed by atoms with Crippen molar-refractivity contribution in [2.45, 2.75) is 52.7 Å². The molecule has 0 unspecified atom stereocenters. The van der Waals surface area contributed by atoms with Crippen molar-refractivity contribution >= 4 is 29.1 Å². The Bertz CT molecular complexity index is 1680. The smallest absolute Gasteiger partial charge is 0.456 e. The molecule has 5 aromatic rings. The third-order valence-corrected chi connectivity index (χ3v) is 8.55. The van der Waals surface area contributed by atoms with Gasteiger partial charge in [0.1, 0.15) is 11.3 Å². The van der Waals surface area contributed by atoms with E-state index in [-0.39, 0.29) is 0 Å². The molecule has 1 fully saturated rings. The molecule has 0 amide bonds. The fourth-order valence-corrected chi connectivity index (χ4v) is 5.51. The Kier molecular flexibility index (Phi) is 6.57. The van der Waals surface area contributed by atoms with Crippen molar-refractivity contribution < 1.29 is 13.7 Å². The van der Waals surface area contributed by atoms with Crippen LogP contribution in [0.5, 0.6) is 0 Å². The summed E-state index contributed by atoms with van der Waals surface area (Å²) in [5, 5.41) is 1.06. The molecule has 1 aliphatic rings. The average Bonchev–Trinajstić information content (AvgIpc) is 3.41. The molecule has 4 aromatic carbocycles. The molecule has 40 heavy (non-hydrogen) atoms. The van der Waals surface area contributed by atoms with Crippen molar-refractivity contribution in [3.05, 3.63) is 120 Å². The molecule has 2 heterocycles. The van der Waals surface area contributed by atoms with E-state index in [9.17, 15) is 0 Å². The molecule has 0 radical (unpaired) electrons. The second-order valence-corrected chi connectivity index (χ2v) is 11.6. The molecule has 200 valence electrons. The van der Waals surface area contributed by atoms with Crippen molar-refractivity contribution in [3.63, 3.8) is 0 Å². The predicted octanol–water partition coefficient (Wildman–Crippen LogP) is 8.83. The van der Waals surface area contributed by atoms with Crippen LogP contribution in [0.2, 0.25) is 0 Å². The standard InChI is InChI=1S/C36H35BO3/c1-7-30(29-22-20-28(21-23-29)27-18-16-26(17-19-27)25-12-9-8-10-13-25)34-24(2)33-31(14-11-15-32(33)38-34)37-39-35(3,4)36(5,6)40-37/h7-23H,1-6H3/b30-7-. The maximum absolute atomic E-state index is 6.50. The Labute approximate surface area is 237 Å². The van der Waals surface area contributed by atoms with Crippen molar-refractivity contribution in [1.29, 1.82) is 0 Å². The van der Waals surface area contributed by atoms with Crippen LogP contribution in [0, 0.1) is 6.92 Å². The van der Waals surface area contributed by atoms with Crippen molar-refractivity contribution in [2.24, 2.45) is 0 Å². The monoisotopic (exact) mass is 526 g/mol. The van der Waals surface area contributed by atoms with E-state index in [4.69, 9.17) is 13.7 Å². The lowest BCUT2D eigenvalue weighted by molar-refractivity contribution is 0.00578. The Morgan fingerprint density at radius 2 is 1.18 bits per heavy atom. The van der Waals surface area contributed by atoms with Crippen LogP contribution in [-0.2, 0) is 9.31 Å². The van der Waals surface area contributed by atoms with E-state index >= 15 is 0 Å². The van der Waals surface area contributed by atoms with Gasteiger partial charge in [0.15, 0.2) is 0 Å². The maximum atomic E-state index is 6.50. The number of allylic oxidation sites excluding steroid dienone is 1. The lowest BCUT2D eigenvalue weighted by Crippen LogP contribution is -2.41. The van der Waals surface area contributed by atoms with E-state index in [0.29, 0.717) is 0 Å². The van der Waals surface area contributed by atoms with Crippen LogP contribution in [0.15, 0.2) is 108 Å². The molecule has 1 saturated heterocycles. The highest BCUT2D eigenvalue weighted by Gasteiger charge is 2.52. The summed E-state index contributed by atoms with van der Waals surface area (Å²) in [5.41, 5.74) is 9.14. The minimum absolute atomic E-state index is 0.404. The molecular weight excluding hydrogens is 491 g/mol. The largest absolute Gasteiger partial charge is 0.495 e. The average molecular weight is 526 g/mol. The zero-order valence-electron chi connectivity index (χ0n) is 24.1. The minimum Gasteiger partial charge on any atom is -0.456 e. The normalized spacial score (nSPS) is 16.6. The number of fused-ring (bicyclic) bond motifs is 1. The Balaban J connectivity index is 1.30. The number of furan rings is 1. The highest BCUT2D eigenvalue weighted by Crippen LogP contribution is 2.39. The van der Waals surface area contributed by atoms with E-state index in [1.54, 1.807) is 0 Å². The summed E-state index contributed by atoms with van der Waals surface area (Å²) >= 11 is 0. The number of aryl methyl sites for hydroxylation is 1. The van der Waals surface area contributed by atoms with Gasteiger partial charge in [0.2, 0.25) is 0 Å². The SMILES string of the molecule is C/C=C(/c1ccc(-c2ccc(-c3ccccc3)cc2)cc1)c1oc2cccc(B3OC(C)(C)C(C)(C)O3)c2c1C. The van der Waals surface area contributed by atoms with Crippen LogP contribution < -0.4 is 5.46 Å². The summed E-state index contributed by atoms with van der Waals surface area (Å²) in [5.74, 6) is 0.876. The second-order valence-electron chi connectivity index (χ2n) is 11.6. The maximum Gasteiger partial charge on any atom is 0.495 e. The van der Waals surface area contributed by atoms with Crippen LogP contribution in [0.1, 0.15) is 51.5 Å². The fourth-order valence-electron chi connectivity index (χ4n) is 5.51. The van der Waals surface area contributed by atoms with Crippen LogP contribution in [0.4, 0.5) is 0 Å². The Morgan fingerprint density at radius 3 is 1.73 bits per heavy atom. The molecule has 0 atom stereocenters. The zero-order valence-corrected chi connectivity index (χ0v) is 24.1. The van der Waals surface area contributed by atoms with Gasteiger partial charge >= 0.3 is 7.12 Å². The molecule has 3 nitrogen and oxygen atoms in total. The van der Waals surface area contributed by atoms with Gasteiger partial charge in [-0.25, -0.2) is 0 Å². The first-order valence-electron chi connectivity index (χ1n) is 14.0. The van der Waals surface area contributed by atoms with E-state index in [0.717, 1.165) is 38.9 Å². The van der Waals surface area contributed by atoms with Crippen molar-refractivity contribution in [3.8, 4) is 22.3 Å². The van der Waals surface area contributed by atoms with Crippen LogP contribution in [0.3, 0.4) is 0 Å². The van der Waals surface area contributed by atoms with E-state index in [2.05, 4.69) is 126 Å². The summed E-state index contributed by atoms with van der Waals surface area (Å²) in [6.07, 6.45) is 2.13. The van der Waals surface area contributed by atoms with Gasteiger partial charge in [0, 0.05) is 16.5 Å². The summed E-state index contributed by atoms with van der Waals surface area (Å²) in [6, 6.07) is 34.1. The molecule has 1 aromatic heterocycles. The zero-order chi connectivity index (χ0) is 28.1. The summed E-state index contributed by atoms with van der Waals surface area (Å²) < 4.78 is 19.3. The first-order valence-corrected chi connectivity index (χ1v) is 14.0. The van der Waals surface area contributed by atoms with Crippen LogP contribution in [0.25, 0.3) is 38.8 Å². The van der Waals surface area contributed by atoms with Gasteiger partial charge in [-0.05, 0) is 80.9 Å². The van der Waals surface area contributed by atoms with Gasteiger partial charge in [-0.1, -0.05) is 97.1 Å². The van der Waals surface area contributed by atoms with Crippen LogP contribution >= 0.6 is 0 Å². The molecule has 0 aliphatic carbocycles.